The predicted molar refractivity (Wildman–Crippen MR) is 128 cm³/mol. The summed E-state index contributed by atoms with van der Waals surface area (Å²) >= 11 is 13.1. The van der Waals surface area contributed by atoms with E-state index in [1.165, 1.54) is 29.2 Å². The molecule has 1 aliphatic heterocycles. The highest BCUT2D eigenvalue weighted by atomic mass is 35.5. The molecule has 1 amide bonds. The molecule has 4 rings (SSSR count). The van der Waals surface area contributed by atoms with E-state index in [1.54, 1.807) is 48.5 Å². The third-order valence-electron chi connectivity index (χ3n) is 4.44. The van der Waals surface area contributed by atoms with Gasteiger partial charge in [0.1, 0.15) is 0 Å². The smallest absolute Gasteiger partial charge is 0.311 e. The number of benzene rings is 3. The molecule has 3 aromatic rings. The molecule has 1 N–H and O–H groups in total. The lowest BCUT2D eigenvalue weighted by molar-refractivity contribution is -0.385. The molecule has 7 nitrogen and oxygen atoms in total. The maximum atomic E-state index is 13.3. The molecule has 3 aromatic carbocycles. The van der Waals surface area contributed by atoms with Crippen LogP contribution in [0.25, 0.3) is 6.08 Å². The number of hydrogen-bond donors (Lipinski definition) is 1. The minimum absolute atomic E-state index is 0.313. The number of nitrogens with zero attached hydrogens (tertiary/aromatic N) is 3. The first-order chi connectivity index (χ1) is 15.3. The summed E-state index contributed by atoms with van der Waals surface area (Å²) in [6.45, 7) is 0. The predicted octanol–water partition coefficient (Wildman–Crippen LogP) is 6.42. The number of phenolic OH excluding ortho intramolecular Hbond substituents is 1. The van der Waals surface area contributed by atoms with E-state index in [0.717, 1.165) is 11.8 Å². The molecule has 1 saturated heterocycles. The Hall–Kier alpha value is -3.33. The Labute approximate surface area is 196 Å². The van der Waals surface area contributed by atoms with Gasteiger partial charge in [-0.1, -0.05) is 29.3 Å². The number of amidine groups is 1. The Morgan fingerprint density at radius 2 is 1.62 bits per heavy atom. The van der Waals surface area contributed by atoms with Gasteiger partial charge in [-0.25, -0.2) is 4.99 Å². The van der Waals surface area contributed by atoms with Gasteiger partial charge in [0.05, 0.1) is 21.2 Å². The maximum Gasteiger partial charge on any atom is 0.311 e. The second-order valence-electron chi connectivity index (χ2n) is 6.60. The van der Waals surface area contributed by atoms with Crippen LogP contribution < -0.4 is 4.90 Å². The largest absolute Gasteiger partial charge is 0.502 e. The SMILES string of the molecule is O=C1/C(=C/c2ccc(O)c([N+](=O)[O-])c2)SC(=Nc2ccc(Cl)cc2)N1c1ccc(Cl)cc1. The monoisotopic (exact) mass is 485 g/mol. The third kappa shape index (κ3) is 4.62. The highest BCUT2D eigenvalue weighted by Crippen LogP contribution is 2.38. The van der Waals surface area contributed by atoms with Gasteiger partial charge in [-0.3, -0.25) is 19.8 Å². The van der Waals surface area contributed by atoms with Crippen LogP contribution in [0.1, 0.15) is 5.56 Å². The van der Waals surface area contributed by atoms with E-state index in [2.05, 4.69) is 4.99 Å². The summed E-state index contributed by atoms with van der Waals surface area (Å²) in [5, 5.41) is 22.3. The van der Waals surface area contributed by atoms with Gasteiger partial charge in [0, 0.05) is 16.1 Å². The number of amides is 1. The minimum atomic E-state index is -0.686. The van der Waals surface area contributed by atoms with Gasteiger partial charge in [-0.05, 0) is 78.0 Å². The molecule has 1 heterocycles. The lowest BCUT2D eigenvalue weighted by Crippen LogP contribution is -2.28. The van der Waals surface area contributed by atoms with Gasteiger partial charge in [0.15, 0.2) is 10.9 Å². The number of carbonyl (C=O) groups is 1. The average Bonchev–Trinajstić information content (AvgIpc) is 3.06. The van der Waals surface area contributed by atoms with Gasteiger partial charge in [-0.2, -0.15) is 0 Å². The number of carbonyl (C=O) groups excluding carboxylic acids is 1. The van der Waals surface area contributed by atoms with E-state index in [-0.39, 0.29) is 5.91 Å². The molecule has 0 atom stereocenters. The number of rotatable bonds is 4. The molecule has 0 aliphatic carbocycles. The van der Waals surface area contributed by atoms with Crippen LogP contribution in [-0.4, -0.2) is 21.1 Å². The van der Waals surface area contributed by atoms with Crippen LogP contribution in [0.4, 0.5) is 17.1 Å². The number of thioether (sulfide) groups is 1. The van der Waals surface area contributed by atoms with Crippen molar-refractivity contribution in [3.05, 3.63) is 97.4 Å². The van der Waals surface area contributed by atoms with Gasteiger partial charge in [0.2, 0.25) is 0 Å². The number of halogens is 2. The van der Waals surface area contributed by atoms with Crippen molar-refractivity contribution in [2.75, 3.05) is 4.90 Å². The molecule has 0 saturated carbocycles. The van der Waals surface area contributed by atoms with E-state index >= 15 is 0 Å². The quantitative estimate of drug-likeness (QED) is 0.261. The van der Waals surface area contributed by atoms with Crippen molar-refractivity contribution in [3.63, 3.8) is 0 Å². The van der Waals surface area contributed by atoms with Crippen LogP contribution >= 0.6 is 35.0 Å². The van der Waals surface area contributed by atoms with Crippen LogP contribution in [0, 0.1) is 10.1 Å². The van der Waals surface area contributed by atoms with Gasteiger partial charge in [-0.15, -0.1) is 0 Å². The van der Waals surface area contributed by atoms with E-state index in [1.807, 2.05) is 0 Å². The molecule has 0 radical (unpaired) electrons. The Balaban J connectivity index is 1.77. The number of aromatic hydroxyl groups is 1. The zero-order valence-corrected chi connectivity index (χ0v) is 18.4. The van der Waals surface area contributed by atoms with E-state index in [9.17, 15) is 20.0 Å². The molecule has 0 unspecified atom stereocenters. The first kappa shape index (κ1) is 21.9. The molecule has 32 heavy (non-hydrogen) atoms. The number of phenols is 1. The van der Waals surface area contributed by atoms with Crippen molar-refractivity contribution in [2.45, 2.75) is 0 Å². The summed E-state index contributed by atoms with van der Waals surface area (Å²) in [6, 6.07) is 17.5. The molecule has 1 aliphatic rings. The zero-order valence-electron chi connectivity index (χ0n) is 16.1. The van der Waals surface area contributed by atoms with Crippen molar-refractivity contribution < 1.29 is 14.8 Å². The molecule has 0 aromatic heterocycles. The normalized spacial score (nSPS) is 16.2. The summed E-state index contributed by atoms with van der Waals surface area (Å²) < 4.78 is 0. The highest BCUT2D eigenvalue weighted by Gasteiger charge is 2.35. The summed E-state index contributed by atoms with van der Waals surface area (Å²) in [6.07, 6.45) is 1.52. The minimum Gasteiger partial charge on any atom is -0.502 e. The number of nitro benzene ring substituents is 1. The standard InChI is InChI=1S/C22H13Cl2N3O4S/c23-14-2-6-16(7-3-14)25-22-26(17-8-4-15(24)5-9-17)21(29)20(32-22)12-13-1-10-19(28)18(11-13)27(30)31/h1-12,28H/b20-12-,25-22?. The van der Waals surface area contributed by atoms with Crippen molar-refractivity contribution in [2.24, 2.45) is 4.99 Å². The Morgan fingerprint density at radius 3 is 2.25 bits per heavy atom. The molecule has 160 valence electrons. The number of nitro groups is 1. The molecule has 10 heteroatoms. The Morgan fingerprint density at radius 1 is 1.00 bits per heavy atom. The fourth-order valence-electron chi connectivity index (χ4n) is 2.92. The average molecular weight is 486 g/mol. The molecular formula is C22H13Cl2N3O4S. The summed E-state index contributed by atoms with van der Waals surface area (Å²) in [7, 11) is 0. The summed E-state index contributed by atoms with van der Waals surface area (Å²) in [5.41, 5.74) is 1.12. The summed E-state index contributed by atoms with van der Waals surface area (Å²) in [5.74, 6) is -0.795. The second kappa shape index (κ2) is 9.04. The summed E-state index contributed by atoms with van der Waals surface area (Å²) in [4.78, 5) is 30.0. The lowest BCUT2D eigenvalue weighted by atomic mass is 10.1. The third-order valence-corrected chi connectivity index (χ3v) is 5.91. The van der Waals surface area contributed by atoms with E-state index in [0.29, 0.717) is 37.1 Å². The van der Waals surface area contributed by atoms with Crippen molar-refractivity contribution in [1.29, 1.82) is 0 Å². The van der Waals surface area contributed by atoms with Gasteiger partial charge >= 0.3 is 5.69 Å². The fourth-order valence-corrected chi connectivity index (χ4v) is 4.17. The van der Waals surface area contributed by atoms with Crippen LogP contribution in [-0.2, 0) is 4.79 Å². The van der Waals surface area contributed by atoms with Crippen molar-refractivity contribution >= 4 is 69.2 Å². The molecule has 1 fully saturated rings. The van der Waals surface area contributed by atoms with Crippen LogP contribution in [0.3, 0.4) is 0 Å². The fraction of sp³-hybridized carbons (Fsp3) is 0. The highest BCUT2D eigenvalue weighted by molar-refractivity contribution is 8.19. The Bertz CT molecular complexity index is 1280. The maximum absolute atomic E-state index is 13.3. The van der Waals surface area contributed by atoms with E-state index < -0.39 is 16.4 Å². The van der Waals surface area contributed by atoms with Gasteiger partial charge in [0.25, 0.3) is 5.91 Å². The zero-order chi connectivity index (χ0) is 22.8. The van der Waals surface area contributed by atoms with Crippen molar-refractivity contribution in [3.8, 4) is 5.75 Å². The van der Waals surface area contributed by atoms with Crippen LogP contribution in [0.15, 0.2) is 76.6 Å². The number of aliphatic imine (C=N–C) groups is 1. The first-order valence-corrected chi connectivity index (χ1v) is 10.7. The van der Waals surface area contributed by atoms with Crippen molar-refractivity contribution in [1.82, 2.24) is 0 Å². The molecular weight excluding hydrogens is 473 g/mol. The van der Waals surface area contributed by atoms with Gasteiger partial charge < -0.3 is 5.11 Å². The Kier molecular flexibility index (Phi) is 6.18. The van der Waals surface area contributed by atoms with E-state index in [4.69, 9.17) is 23.2 Å². The number of hydrogen-bond acceptors (Lipinski definition) is 6. The van der Waals surface area contributed by atoms with Crippen LogP contribution in [0.5, 0.6) is 5.75 Å². The molecule has 0 bridgehead atoms. The second-order valence-corrected chi connectivity index (χ2v) is 8.49. The topological polar surface area (TPSA) is 96.0 Å². The number of anilines is 1. The lowest BCUT2D eigenvalue weighted by Gasteiger charge is -2.15. The first-order valence-electron chi connectivity index (χ1n) is 9.13. The van der Waals surface area contributed by atoms with Crippen LogP contribution in [0.2, 0.25) is 10.0 Å². The molecule has 0 spiro atoms.